The van der Waals surface area contributed by atoms with Gasteiger partial charge in [-0.2, -0.15) is 4.68 Å². The highest BCUT2D eigenvalue weighted by molar-refractivity contribution is 7.80. The number of thiol groups is 1. The lowest BCUT2D eigenvalue weighted by molar-refractivity contribution is 0.758. The molecule has 14 heavy (non-hydrogen) atoms. The van der Waals surface area contributed by atoms with Crippen LogP contribution in [0.2, 0.25) is 0 Å². The first-order valence-corrected chi connectivity index (χ1v) is 4.30. The van der Waals surface area contributed by atoms with Crippen LogP contribution in [-0.4, -0.2) is 26.9 Å². The van der Waals surface area contributed by atoms with Gasteiger partial charge in [-0.1, -0.05) is 0 Å². The lowest BCUT2D eigenvalue weighted by Crippen LogP contribution is -1.96. The molecule has 0 spiro atoms. The Hall–Kier alpha value is -1.69. The van der Waals surface area contributed by atoms with Crippen LogP contribution in [0.3, 0.4) is 0 Å². The van der Waals surface area contributed by atoms with Crippen molar-refractivity contribution in [3.63, 3.8) is 0 Å². The Bertz CT molecular complexity index is 447. The second-order valence-electron chi connectivity index (χ2n) is 2.57. The monoisotopic (exact) mass is 205 g/mol. The largest absolute Gasteiger partial charge is 0.265 e. The van der Waals surface area contributed by atoms with Crippen LogP contribution in [0.1, 0.15) is 0 Å². The molecule has 1 aromatic heterocycles. The molecule has 0 aliphatic carbocycles. The Balaban J connectivity index is 2.43. The first-order chi connectivity index (χ1) is 6.81. The fraction of sp³-hybridized carbons (Fsp3) is 0. The lowest BCUT2D eigenvalue weighted by atomic mass is 10.3. The van der Waals surface area contributed by atoms with E-state index in [1.54, 1.807) is 0 Å². The molecule has 2 rings (SSSR count). The summed E-state index contributed by atoms with van der Waals surface area (Å²) in [5, 5.41) is 11.4. The molecule has 0 saturated heterocycles. The van der Waals surface area contributed by atoms with Crippen LogP contribution >= 0.6 is 12.6 Å². The Morgan fingerprint density at radius 2 is 2.00 bits per heavy atom. The topological polar surface area (TPSA) is 56.0 Å². The zero-order valence-electron chi connectivity index (χ0n) is 7.20. The predicted molar refractivity (Wildman–Crippen MR) is 55.6 cm³/mol. The molecule has 5 nitrogen and oxygen atoms in total. The van der Waals surface area contributed by atoms with Crippen molar-refractivity contribution < 1.29 is 0 Å². The van der Waals surface area contributed by atoms with Crippen LogP contribution in [0.5, 0.6) is 0 Å². The van der Waals surface area contributed by atoms with Gasteiger partial charge in [0.1, 0.15) is 0 Å². The van der Waals surface area contributed by atoms with Crippen molar-refractivity contribution >= 4 is 25.0 Å². The summed E-state index contributed by atoms with van der Waals surface area (Å²) in [7, 11) is 0. The summed E-state index contributed by atoms with van der Waals surface area (Å²) >= 11 is 4.10. The minimum atomic E-state index is 0.448. The van der Waals surface area contributed by atoms with Crippen LogP contribution < -0.4 is 0 Å². The van der Waals surface area contributed by atoms with Crippen molar-refractivity contribution in [1.29, 1.82) is 0 Å². The molecule has 1 heterocycles. The molecule has 0 amide bonds. The van der Waals surface area contributed by atoms with Crippen LogP contribution in [0.4, 0.5) is 5.69 Å². The maximum atomic E-state index is 4.10. The molecular formula is C8H7N5S. The molecular weight excluding hydrogens is 198 g/mol. The van der Waals surface area contributed by atoms with E-state index in [9.17, 15) is 0 Å². The molecule has 2 aromatic rings. The summed E-state index contributed by atoms with van der Waals surface area (Å²) < 4.78 is 1.52. The molecule has 0 saturated carbocycles. The third-order valence-electron chi connectivity index (χ3n) is 1.73. The third kappa shape index (κ3) is 1.51. The number of benzene rings is 1. The van der Waals surface area contributed by atoms with Gasteiger partial charge in [-0.3, -0.25) is 4.99 Å². The van der Waals surface area contributed by atoms with Crippen molar-refractivity contribution in [3.8, 4) is 5.69 Å². The molecule has 0 fully saturated rings. The van der Waals surface area contributed by atoms with E-state index in [1.165, 1.54) is 4.68 Å². The van der Waals surface area contributed by atoms with Gasteiger partial charge in [-0.25, -0.2) is 0 Å². The van der Waals surface area contributed by atoms with Gasteiger partial charge in [0.2, 0.25) is 5.16 Å². The Morgan fingerprint density at radius 1 is 1.29 bits per heavy atom. The average Bonchev–Trinajstić information content (AvgIpc) is 2.65. The number of nitrogens with zero attached hydrogens (tertiary/aromatic N) is 5. The molecule has 0 aliphatic rings. The standard InChI is InChI=1S/C8H7N5S/c1-9-6-2-4-7(5-3-6)13-8(14)10-11-12-13/h2-5H,1H2,(H,10,12,14). The second kappa shape index (κ2) is 3.59. The van der Waals surface area contributed by atoms with E-state index < -0.39 is 0 Å². The Morgan fingerprint density at radius 3 is 2.50 bits per heavy atom. The van der Waals surface area contributed by atoms with Crippen LogP contribution in [0.25, 0.3) is 5.69 Å². The van der Waals surface area contributed by atoms with Crippen LogP contribution in [0.15, 0.2) is 34.4 Å². The molecule has 0 radical (unpaired) electrons. The molecule has 0 bridgehead atoms. The van der Waals surface area contributed by atoms with Gasteiger partial charge in [-0.15, -0.1) is 17.7 Å². The number of aliphatic imine (C=N–C) groups is 1. The summed E-state index contributed by atoms with van der Waals surface area (Å²) in [5.74, 6) is 0. The van der Waals surface area contributed by atoms with Crippen molar-refractivity contribution in [2.45, 2.75) is 5.16 Å². The zero-order valence-corrected chi connectivity index (χ0v) is 8.09. The molecule has 6 heteroatoms. The van der Waals surface area contributed by atoms with Crippen molar-refractivity contribution in [2.24, 2.45) is 4.99 Å². The third-order valence-corrected chi connectivity index (χ3v) is 2.01. The van der Waals surface area contributed by atoms with Gasteiger partial charge in [0.05, 0.1) is 11.4 Å². The SMILES string of the molecule is C=Nc1ccc(-n2nnnc2S)cc1. The maximum Gasteiger partial charge on any atom is 0.211 e. The van der Waals surface area contributed by atoms with Crippen molar-refractivity contribution in [2.75, 3.05) is 0 Å². The highest BCUT2D eigenvalue weighted by Gasteiger charge is 2.02. The minimum Gasteiger partial charge on any atom is -0.265 e. The van der Waals surface area contributed by atoms with Gasteiger partial charge in [-0.05, 0) is 41.4 Å². The van der Waals surface area contributed by atoms with E-state index >= 15 is 0 Å². The Kier molecular flexibility index (Phi) is 2.28. The van der Waals surface area contributed by atoms with Gasteiger partial charge in [0.25, 0.3) is 0 Å². The number of rotatable bonds is 2. The van der Waals surface area contributed by atoms with E-state index in [0.717, 1.165) is 11.4 Å². The van der Waals surface area contributed by atoms with Crippen molar-refractivity contribution in [1.82, 2.24) is 20.2 Å². The highest BCUT2D eigenvalue weighted by Crippen LogP contribution is 2.15. The van der Waals surface area contributed by atoms with E-state index in [-0.39, 0.29) is 0 Å². The van der Waals surface area contributed by atoms with Gasteiger partial charge >= 0.3 is 0 Å². The molecule has 1 aromatic carbocycles. The fourth-order valence-electron chi connectivity index (χ4n) is 1.05. The Labute approximate surface area is 85.9 Å². The van der Waals surface area contributed by atoms with E-state index in [1.807, 2.05) is 24.3 Å². The predicted octanol–water partition coefficient (Wildman–Crippen LogP) is 1.28. The first kappa shape index (κ1) is 8.89. The molecule has 0 unspecified atom stereocenters. The van der Waals surface area contributed by atoms with Crippen molar-refractivity contribution in [3.05, 3.63) is 24.3 Å². The normalized spacial score (nSPS) is 10.1. The number of hydrogen-bond acceptors (Lipinski definition) is 5. The number of aromatic nitrogens is 4. The van der Waals surface area contributed by atoms with Crippen LogP contribution in [-0.2, 0) is 0 Å². The maximum absolute atomic E-state index is 4.10. The van der Waals surface area contributed by atoms with Crippen LogP contribution in [0, 0.1) is 0 Å². The molecule has 0 N–H and O–H groups in total. The molecule has 0 atom stereocenters. The summed E-state index contributed by atoms with van der Waals surface area (Å²) in [6.45, 7) is 3.43. The lowest BCUT2D eigenvalue weighted by Gasteiger charge is -2.00. The first-order valence-electron chi connectivity index (χ1n) is 3.86. The average molecular weight is 205 g/mol. The minimum absolute atomic E-state index is 0.448. The molecule has 0 aliphatic heterocycles. The summed E-state index contributed by atoms with van der Waals surface area (Å²) in [4.78, 5) is 3.79. The van der Waals surface area contributed by atoms with E-state index in [2.05, 4.69) is 39.9 Å². The summed E-state index contributed by atoms with van der Waals surface area (Å²) in [6, 6.07) is 7.36. The van der Waals surface area contributed by atoms with E-state index in [4.69, 9.17) is 0 Å². The highest BCUT2D eigenvalue weighted by atomic mass is 32.1. The smallest absolute Gasteiger partial charge is 0.211 e. The second-order valence-corrected chi connectivity index (χ2v) is 2.97. The summed E-state index contributed by atoms with van der Waals surface area (Å²) in [5.41, 5.74) is 1.65. The van der Waals surface area contributed by atoms with Gasteiger partial charge < -0.3 is 0 Å². The van der Waals surface area contributed by atoms with Gasteiger partial charge in [0, 0.05) is 0 Å². The summed E-state index contributed by atoms with van der Waals surface area (Å²) in [6.07, 6.45) is 0. The van der Waals surface area contributed by atoms with Gasteiger partial charge in [0.15, 0.2) is 0 Å². The number of hydrogen-bond donors (Lipinski definition) is 1. The fourth-order valence-corrected chi connectivity index (χ4v) is 1.24. The van der Waals surface area contributed by atoms with E-state index in [0.29, 0.717) is 5.16 Å². The zero-order chi connectivity index (χ0) is 9.97. The number of tetrazole rings is 1. The quantitative estimate of drug-likeness (QED) is 0.593. The molecule has 70 valence electrons.